The minimum Gasteiger partial charge on any atom is -0.479 e. The van der Waals surface area contributed by atoms with E-state index in [2.05, 4.69) is 20.2 Å². The van der Waals surface area contributed by atoms with E-state index in [-0.39, 0.29) is 37.9 Å². The van der Waals surface area contributed by atoms with E-state index < -0.39 is 5.97 Å². The molecule has 0 fully saturated rings. The second-order valence-electron chi connectivity index (χ2n) is 7.18. The fourth-order valence-corrected chi connectivity index (χ4v) is 3.58. The van der Waals surface area contributed by atoms with Gasteiger partial charge in [-0.15, -0.1) is 0 Å². The van der Waals surface area contributed by atoms with Crippen LogP contribution in [0.2, 0.25) is 0 Å². The summed E-state index contributed by atoms with van der Waals surface area (Å²) in [6, 6.07) is 4.88. The number of methoxy groups -OCH3 is 1. The van der Waals surface area contributed by atoms with Crippen molar-refractivity contribution >= 4 is 30.5 Å². The molecule has 4 rings (SSSR count). The maximum atomic E-state index is 13.8. The van der Waals surface area contributed by atoms with Gasteiger partial charge >= 0.3 is 5.97 Å². The van der Waals surface area contributed by atoms with Gasteiger partial charge in [-0.05, 0) is 37.5 Å². The molecule has 0 aliphatic carbocycles. The van der Waals surface area contributed by atoms with Crippen molar-refractivity contribution in [1.29, 1.82) is 0 Å². The van der Waals surface area contributed by atoms with E-state index >= 15 is 0 Å². The van der Waals surface area contributed by atoms with Gasteiger partial charge in [-0.2, -0.15) is 28.7 Å². The maximum absolute atomic E-state index is 13.8. The fourth-order valence-electron chi connectivity index (χ4n) is 3.58. The van der Waals surface area contributed by atoms with Crippen LogP contribution in [0.5, 0.6) is 5.88 Å². The Labute approximate surface area is 197 Å². The molecule has 0 spiro atoms. The van der Waals surface area contributed by atoms with Gasteiger partial charge in [0.2, 0.25) is 5.88 Å². The molecule has 0 aliphatic heterocycles. The molecular formula is C22H25FN6O3S. The van der Waals surface area contributed by atoms with E-state index in [1.54, 1.807) is 30.8 Å². The second-order valence-corrected chi connectivity index (χ2v) is 7.18. The number of benzene rings is 1. The average Bonchev–Trinajstić information content (AvgIpc) is 3.44. The molecule has 1 atom stereocenters. The summed E-state index contributed by atoms with van der Waals surface area (Å²) in [5.74, 6) is -0.177. The number of aromatic nitrogens is 6. The van der Waals surface area contributed by atoms with Crippen LogP contribution in [0, 0.1) is 12.7 Å². The largest absolute Gasteiger partial charge is 0.479 e. The normalized spacial score (nSPS) is 11.8. The number of hydrogen-bond donors (Lipinski definition) is 0. The summed E-state index contributed by atoms with van der Waals surface area (Å²) in [5.41, 5.74) is 2.95. The van der Waals surface area contributed by atoms with E-state index in [1.807, 2.05) is 13.0 Å². The molecule has 0 amide bonds. The first-order valence-corrected chi connectivity index (χ1v) is 10.2. The minimum absolute atomic E-state index is 0. The minimum atomic E-state index is -0.472. The van der Waals surface area contributed by atoms with E-state index in [0.717, 1.165) is 12.0 Å². The van der Waals surface area contributed by atoms with E-state index in [9.17, 15) is 9.18 Å². The highest BCUT2D eigenvalue weighted by atomic mass is 32.1. The highest BCUT2D eigenvalue weighted by molar-refractivity contribution is 7.59. The van der Waals surface area contributed by atoms with Crippen LogP contribution >= 0.6 is 13.5 Å². The van der Waals surface area contributed by atoms with Gasteiger partial charge in [-0.25, -0.2) is 18.9 Å². The average molecular weight is 473 g/mol. The molecule has 9 nitrogen and oxygen atoms in total. The number of aryl methyl sites for hydroxylation is 1. The standard InChI is InChI=1S/C22H23FN6O3.H2S/c1-5-18(14-7-8-16(23)13(3)9-14)29-19-17(11-25-29)26-22(27-20(19)31-4)28-12-15(10-24-28)21(30)32-6-2;/h7-12,18H,5-6H2,1-4H3;1H2/t18-;/m0./s1. The number of halogens is 1. The highest BCUT2D eigenvalue weighted by Crippen LogP contribution is 2.31. The summed E-state index contributed by atoms with van der Waals surface area (Å²) >= 11 is 0. The topological polar surface area (TPSA) is 97.0 Å². The van der Waals surface area contributed by atoms with Crippen LogP contribution in [-0.2, 0) is 4.74 Å². The summed E-state index contributed by atoms with van der Waals surface area (Å²) in [6.45, 7) is 5.76. The van der Waals surface area contributed by atoms with Crippen molar-refractivity contribution in [2.75, 3.05) is 13.7 Å². The third-order valence-corrected chi connectivity index (χ3v) is 5.14. The van der Waals surface area contributed by atoms with Crippen LogP contribution in [0.4, 0.5) is 4.39 Å². The number of carbonyl (C=O) groups is 1. The Balaban J connectivity index is 0.00000306. The molecule has 0 aliphatic rings. The van der Waals surface area contributed by atoms with Crippen molar-refractivity contribution < 1.29 is 18.7 Å². The van der Waals surface area contributed by atoms with Gasteiger partial charge in [0.15, 0.2) is 0 Å². The van der Waals surface area contributed by atoms with Crippen LogP contribution in [0.15, 0.2) is 36.8 Å². The number of fused-ring (bicyclic) bond motifs is 1. The molecule has 0 saturated carbocycles. The number of esters is 1. The summed E-state index contributed by atoms with van der Waals surface area (Å²) in [7, 11) is 1.51. The molecule has 11 heteroatoms. The number of nitrogens with zero attached hydrogens (tertiary/aromatic N) is 6. The Bertz CT molecular complexity index is 1290. The number of rotatable bonds is 7. The smallest absolute Gasteiger partial charge is 0.341 e. The predicted molar refractivity (Wildman–Crippen MR) is 125 cm³/mol. The first-order chi connectivity index (χ1) is 15.5. The molecule has 0 saturated heterocycles. The van der Waals surface area contributed by atoms with Crippen molar-refractivity contribution in [2.24, 2.45) is 0 Å². The summed E-state index contributed by atoms with van der Waals surface area (Å²) in [5, 5.41) is 8.70. The van der Waals surface area contributed by atoms with Gasteiger partial charge in [0.05, 0.1) is 37.7 Å². The van der Waals surface area contributed by atoms with Gasteiger partial charge in [0, 0.05) is 6.20 Å². The lowest BCUT2D eigenvalue weighted by molar-refractivity contribution is 0.0526. The van der Waals surface area contributed by atoms with Crippen molar-refractivity contribution in [3.05, 3.63) is 59.3 Å². The van der Waals surface area contributed by atoms with Crippen molar-refractivity contribution in [3.8, 4) is 11.8 Å². The Hall–Kier alpha value is -3.47. The first-order valence-electron chi connectivity index (χ1n) is 10.2. The van der Waals surface area contributed by atoms with E-state index in [4.69, 9.17) is 9.47 Å². The highest BCUT2D eigenvalue weighted by Gasteiger charge is 2.22. The molecular weight excluding hydrogens is 447 g/mol. The second kappa shape index (κ2) is 9.99. The first kappa shape index (κ1) is 24.2. The molecule has 1 aromatic carbocycles. The zero-order chi connectivity index (χ0) is 22.8. The Kier molecular flexibility index (Phi) is 7.32. The SMILES string of the molecule is CCOC(=O)c1cnn(-c2nc(OC)c3c(cnn3[C@@H](CC)c3ccc(F)c(C)c3)n2)c1.S. The Morgan fingerprint density at radius 3 is 2.64 bits per heavy atom. The lowest BCUT2D eigenvalue weighted by Crippen LogP contribution is -2.13. The molecule has 0 unspecified atom stereocenters. The quantitative estimate of drug-likeness (QED) is 0.378. The summed E-state index contributed by atoms with van der Waals surface area (Å²) in [6.07, 6.45) is 5.23. The predicted octanol–water partition coefficient (Wildman–Crippen LogP) is 3.76. The number of carbonyl (C=O) groups excluding carboxylic acids is 1. The molecule has 0 radical (unpaired) electrons. The molecule has 0 bridgehead atoms. The van der Waals surface area contributed by atoms with Crippen LogP contribution in [0.3, 0.4) is 0 Å². The zero-order valence-corrected chi connectivity index (χ0v) is 19.7. The van der Waals surface area contributed by atoms with Crippen molar-refractivity contribution in [1.82, 2.24) is 29.5 Å². The molecule has 0 N–H and O–H groups in total. The van der Waals surface area contributed by atoms with Crippen LogP contribution in [-0.4, -0.2) is 49.2 Å². The lowest BCUT2D eigenvalue weighted by Gasteiger charge is -2.18. The Morgan fingerprint density at radius 1 is 1.18 bits per heavy atom. The van der Waals surface area contributed by atoms with Crippen LogP contribution in [0.1, 0.15) is 47.8 Å². The molecule has 3 aromatic heterocycles. The van der Waals surface area contributed by atoms with Gasteiger partial charge in [-0.1, -0.05) is 19.1 Å². The van der Waals surface area contributed by atoms with Gasteiger partial charge in [0.1, 0.15) is 16.9 Å². The van der Waals surface area contributed by atoms with Crippen molar-refractivity contribution in [2.45, 2.75) is 33.2 Å². The van der Waals surface area contributed by atoms with Gasteiger partial charge in [0.25, 0.3) is 5.95 Å². The van der Waals surface area contributed by atoms with Crippen LogP contribution in [0.25, 0.3) is 17.0 Å². The fraction of sp³-hybridized carbons (Fsp3) is 0.318. The lowest BCUT2D eigenvalue weighted by atomic mass is 10.0. The van der Waals surface area contributed by atoms with Crippen LogP contribution < -0.4 is 4.74 Å². The van der Waals surface area contributed by atoms with Gasteiger partial charge < -0.3 is 9.47 Å². The van der Waals surface area contributed by atoms with Crippen molar-refractivity contribution in [3.63, 3.8) is 0 Å². The third kappa shape index (κ3) is 4.54. The monoisotopic (exact) mass is 472 g/mol. The zero-order valence-electron chi connectivity index (χ0n) is 18.7. The third-order valence-electron chi connectivity index (χ3n) is 5.14. The molecule has 3 heterocycles. The Morgan fingerprint density at radius 2 is 1.97 bits per heavy atom. The molecule has 4 aromatic rings. The molecule has 33 heavy (non-hydrogen) atoms. The van der Waals surface area contributed by atoms with Gasteiger partial charge in [-0.3, -0.25) is 4.68 Å². The summed E-state index contributed by atoms with van der Waals surface area (Å²) in [4.78, 5) is 21.0. The number of hydrogen-bond acceptors (Lipinski definition) is 7. The maximum Gasteiger partial charge on any atom is 0.341 e. The van der Waals surface area contributed by atoms with E-state index in [0.29, 0.717) is 28.0 Å². The summed E-state index contributed by atoms with van der Waals surface area (Å²) < 4.78 is 27.5. The number of ether oxygens (including phenoxy) is 2. The molecule has 174 valence electrons. The van der Waals surface area contributed by atoms with E-state index in [1.165, 1.54) is 30.3 Å².